The molecule has 0 bridgehead atoms. The van der Waals surface area contributed by atoms with E-state index in [4.69, 9.17) is 0 Å². The summed E-state index contributed by atoms with van der Waals surface area (Å²) in [5, 5.41) is 2.97. The van der Waals surface area contributed by atoms with Gasteiger partial charge in [-0.1, -0.05) is 6.08 Å². The number of carbonyl (C=O) groups is 1. The lowest BCUT2D eigenvalue weighted by Crippen LogP contribution is -2.12. The van der Waals surface area contributed by atoms with Crippen LogP contribution < -0.4 is 5.32 Å². The lowest BCUT2D eigenvalue weighted by atomic mass is 10.3. The van der Waals surface area contributed by atoms with E-state index in [0.717, 1.165) is 18.7 Å². The summed E-state index contributed by atoms with van der Waals surface area (Å²) in [5.41, 5.74) is 0.782. The largest absolute Gasteiger partial charge is 0.382 e. The van der Waals surface area contributed by atoms with Gasteiger partial charge in [-0.3, -0.25) is 4.79 Å². The fraction of sp³-hybridized carbons (Fsp3) is 0.500. The highest BCUT2D eigenvalue weighted by molar-refractivity contribution is 5.92. The third kappa shape index (κ3) is 0.886. The highest BCUT2D eigenvalue weighted by Crippen LogP contribution is 2.00. The maximum Gasteiger partial charge on any atom is 0.175 e. The molecule has 0 spiro atoms. The SMILES string of the molecule is CC(=O)C1=CCCN1. The second kappa shape index (κ2) is 1.99. The molecule has 0 aliphatic carbocycles. The van der Waals surface area contributed by atoms with Gasteiger partial charge in [0.2, 0.25) is 0 Å². The average Bonchev–Trinajstić information content (AvgIpc) is 2.12. The Hall–Kier alpha value is -0.790. The molecule has 0 aromatic rings. The highest BCUT2D eigenvalue weighted by atomic mass is 16.1. The van der Waals surface area contributed by atoms with E-state index in [9.17, 15) is 4.79 Å². The van der Waals surface area contributed by atoms with Crippen molar-refractivity contribution in [2.75, 3.05) is 6.54 Å². The van der Waals surface area contributed by atoms with Gasteiger partial charge in [0.15, 0.2) is 5.78 Å². The Balaban J connectivity index is 2.57. The van der Waals surface area contributed by atoms with Crippen molar-refractivity contribution in [3.8, 4) is 0 Å². The van der Waals surface area contributed by atoms with Crippen molar-refractivity contribution in [2.24, 2.45) is 0 Å². The number of nitrogens with one attached hydrogen (secondary N) is 1. The van der Waals surface area contributed by atoms with Gasteiger partial charge in [-0.05, 0) is 6.42 Å². The molecule has 0 saturated carbocycles. The quantitative estimate of drug-likeness (QED) is 0.532. The lowest BCUT2D eigenvalue weighted by molar-refractivity contribution is -0.113. The molecule has 0 aromatic carbocycles. The minimum absolute atomic E-state index is 0.141. The van der Waals surface area contributed by atoms with Crippen LogP contribution in [0.3, 0.4) is 0 Å². The molecule has 8 heavy (non-hydrogen) atoms. The highest BCUT2D eigenvalue weighted by Gasteiger charge is 2.05. The molecule has 1 rings (SSSR count). The lowest BCUT2D eigenvalue weighted by Gasteiger charge is -1.94. The van der Waals surface area contributed by atoms with Crippen molar-refractivity contribution < 1.29 is 4.79 Å². The Morgan fingerprint density at radius 2 is 2.62 bits per heavy atom. The Morgan fingerprint density at radius 1 is 1.88 bits per heavy atom. The first kappa shape index (κ1) is 5.35. The minimum atomic E-state index is 0.141. The number of hydrogen-bond donors (Lipinski definition) is 1. The first-order valence-corrected chi connectivity index (χ1v) is 2.75. The van der Waals surface area contributed by atoms with Crippen LogP contribution in [0.1, 0.15) is 13.3 Å². The summed E-state index contributed by atoms with van der Waals surface area (Å²) in [5.74, 6) is 0.141. The number of carbonyl (C=O) groups excluding carboxylic acids is 1. The van der Waals surface area contributed by atoms with Crippen molar-refractivity contribution >= 4 is 5.78 Å². The first-order chi connectivity index (χ1) is 3.80. The minimum Gasteiger partial charge on any atom is -0.382 e. The summed E-state index contributed by atoms with van der Waals surface area (Å²) in [7, 11) is 0. The molecular formula is C6H9NO. The first-order valence-electron chi connectivity index (χ1n) is 2.75. The van der Waals surface area contributed by atoms with Crippen LogP contribution in [0.25, 0.3) is 0 Å². The topological polar surface area (TPSA) is 29.1 Å². The zero-order valence-electron chi connectivity index (χ0n) is 4.90. The summed E-state index contributed by atoms with van der Waals surface area (Å²) in [4.78, 5) is 10.5. The average molecular weight is 111 g/mol. The number of Topliss-reactive ketones (excluding diaryl/α,β-unsaturated/α-hetero) is 1. The van der Waals surface area contributed by atoms with Gasteiger partial charge in [-0.2, -0.15) is 0 Å². The van der Waals surface area contributed by atoms with Gasteiger partial charge in [0.25, 0.3) is 0 Å². The second-order valence-electron chi connectivity index (χ2n) is 1.89. The van der Waals surface area contributed by atoms with Crippen LogP contribution in [0.15, 0.2) is 11.8 Å². The predicted molar refractivity (Wildman–Crippen MR) is 31.4 cm³/mol. The number of hydrogen-bond acceptors (Lipinski definition) is 2. The van der Waals surface area contributed by atoms with Gasteiger partial charge in [-0.15, -0.1) is 0 Å². The Morgan fingerprint density at radius 3 is 2.88 bits per heavy atom. The monoisotopic (exact) mass is 111 g/mol. The van der Waals surface area contributed by atoms with E-state index < -0.39 is 0 Å². The van der Waals surface area contributed by atoms with Crippen LogP contribution in [-0.2, 0) is 4.79 Å². The molecule has 0 atom stereocenters. The zero-order chi connectivity index (χ0) is 5.98. The van der Waals surface area contributed by atoms with E-state index in [-0.39, 0.29) is 5.78 Å². The fourth-order valence-corrected chi connectivity index (χ4v) is 0.764. The number of rotatable bonds is 1. The Bertz CT molecular complexity index is 137. The van der Waals surface area contributed by atoms with Gasteiger partial charge in [0, 0.05) is 13.5 Å². The van der Waals surface area contributed by atoms with Crippen LogP contribution in [0.2, 0.25) is 0 Å². The van der Waals surface area contributed by atoms with E-state index in [0.29, 0.717) is 0 Å². The summed E-state index contributed by atoms with van der Waals surface area (Å²) in [6.45, 7) is 2.50. The van der Waals surface area contributed by atoms with Crippen molar-refractivity contribution in [3.05, 3.63) is 11.8 Å². The fourth-order valence-electron chi connectivity index (χ4n) is 0.764. The van der Waals surface area contributed by atoms with E-state index in [2.05, 4.69) is 5.32 Å². The van der Waals surface area contributed by atoms with Gasteiger partial charge >= 0.3 is 0 Å². The summed E-state index contributed by atoms with van der Waals surface area (Å²) >= 11 is 0. The van der Waals surface area contributed by atoms with Crippen molar-refractivity contribution in [1.29, 1.82) is 0 Å². The van der Waals surface area contributed by atoms with Crippen molar-refractivity contribution in [2.45, 2.75) is 13.3 Å². The van der Waals surface area contributed by atoms with Gasteiger partial charge in [-0.25, -0.2) is 0 Å². The Labute approximate surface area is 48.6 Å². The molecule has 0 saturated heterocycles. The van der Waals surface area contributed by atoms with Crippen LogP contribution in [0.4, 0.5) is 0 Å². The Kier molecular flexibility index (Phi) is 1.33. The van der Waals surface area contributed by atoms with E-state index in [1.807, 2.05) is 6.08 Å². The van der Waals surface area contributed by atoms with Gasteiger partial charge in [0.05, 0.1) is 5.70 Å². The molecule has 1 aliphatic heterocycles. The van der Waals surface area contributed by atoms with Gasteiger partial charge < -0.3 is 5.32 Å². The molecule has 0 aromatic heterocycles. The predicted octanol–water partition coefficient (Wildman–Crippen LogP) is 0.453. The summed E-state index contributed by atoms with van der Waals surface area (Å²) in [6.07, 6.45) is 2.93. The van der Waals surface area contributed by atoms with E-state index in [1.165, 1.54) is 0 Å². The summed E-state index contributed by atoms with van der Waals surface area (Å²) < 4.78 is 0. The van der Waals surface area contributed by atoms with Crippen LogP contribution >= 0.6 is 0 Å². The number of ketones is 1. The van der Waals surface area contributed by atoms with E-state index in [1.54, 1.807) is 6.92 Å². The molecule has 1 heterocycles. The molecule has 1 N–H and O–H groups in total. The van der Waals surface area contributed by atoms with Crippen molar-refractivity contribution in [1.82, 2.24) is 5.32 Å². The molecule has 2 nitrogen and oxygen atoms in total. The molecule has 44 valence electrons. The maximum absolute atomic E-state index is 10.5. The maximum atomic E-state index is 10.5. The smallest absolute Gasteiger partial charge is 0.175 e. The molecule has 0 fully saturated rings. The normalized spacial score (nSPS) is 17.4. The summed E-state index contributed by atoms with van der Waals surface area (Å²) in [6, 6.07) is 0. The third-order valence-electron chi connectivity index (χ3n) is 1.19. The van der Waals surface area contributed by atoms with Gasteiger partial charge in [0.1, 0.15) is 0 Å². The molecule has 0 unspecified atom stereocenters. The van der Waals surface area contributed by atoms with Crippen molar-refractivity contribution in [3.63, 3.8) is 0 Å². The molecule has 2 heteroatoms. The van der Waals surface area contributed by atoms with Crippen LogP contribution in [-0.4, -0.2) is 12.3 Å². The van der Waals surface area contributed by atoms with E-state index >= 15 is 0 Å². The molecule has 0 amide bonds. The zero-order valence-corrected chi connectivity index (χ0v) is 4.90. The number of allylic oxidation sites excluding steroid dienone is 1. The van der Waals surface area contributed by atoms with Crippen LogP contribution in [0.5, 0.6) is 0 Å². The molecule has 0 radical (unpaired) electrons. The second-order valence-corrected chi connectivity index (χ2v) is 1.89. The molecule has 1 aliphatic rings. The standard InChI is InChI=1S/C6H9NO/c1-5(8)6-3-2-4-7-6/h3,7H,2,4H2,1H3. The van der Waals surface area contributed by atoms with Crippen LogP contribution in [0, 0.1) is 0 Å². The third-order valence-corrected chi connectivity index (χ3v) is 1.19. The molecular weight excluding hydrogens is 102 g/mol.